The molecule has 0 heterocycles. The summed E-state index contributed by atoms with van der Waals surface area (Å²) in [6, 6.07) is 10.7. The highest BCUT2D eigenvalue weighted by atomic mass is 35.5. The van der Waals surface area contributed by atoms with Gasteiger partial charge in [0.15, 0.2) is 0 Å². The molecule has 146 valence electrons. The molecule has 2 aromatic rings. The van der Waals surface area contributed by atoms with Gasteiger partial charge in [-0.1, -0.05) is 29.8 Å². The van der Waals surface area contributed by atoms with E-state index >= 15 is 0 Å². The molecule has 0 spiro atoms. The molecule has 7 heteroatoms. The molecular weight excluding hydrogens is 384 g/mol. The molecule has 2 rings (SSSR count). The van der Waals surface area contributed by atoms with Gasteiger partial charge in [-0.15, -0.1) is 0 Å². The Morgan fingerprint density at radius 2 is 1.74 bits per heavy atom. The number of nitrogens with zero attached hydrogens (tertiary/aromatic N) is 1. The van der Waals surface area contributed by atoms with Crippen LogP contribution in [-0.4, -0.2) is 27.1 Å². The molecule has 2 aromatic carbocycles. The lowest BCUT2D eigenvalue weighted by Crippen LogP contribution is -2.41. The zero-order valence-corrected chi connectivity index (χ0v) is 17.8. The van der Waals surface area contributed by atoms with Crippen molar-refractivity contribution in [1.82, 2.24) is 5.32 Å². The van der Waals surface area contributed by atoms with Crippen LogP contribution in [0.1, 0.15) is 35.2 Å². The fraction of sp³-hybridized carbons (Fsp3) is 0.350. The average molecular weight is 409 g/mol. The fourth-order valence-corrected chi connectivity index (χ4v) is 3.96. The van der Waals surface area contributed by atoms with E-state index in [0.717, 1.165) is 21.7 Å². The van der Waals surface area contributed by atoms with Gasteiger partial charge in [0, 0.05) is 5.02 Å². The minimum atomic E-state index is -3.63. The maximum Gasteiger partial charge on any atom is 0.241 e. The van der Waals surface area contributed by atoms with E-state index in [4.69, 9.17) is 11.6 Å². The Kier molecular flexibility index (Phi) is 6.54. The number of anilines is 1. The summed E-state index contributed by atoms with van der Waals surface area (Å²) < 4.78 is 25.6. The number of halogens is 1. The highest BCUT2D eigenvalue weighted by Gasteiger charge is 2.23. The molecule has 0 radical (unpaired) electrons. The minimum absolute atomic E-state index is 0.232. The number of aryl methyl sites for hydroxylation is 3. The lowest BCUT2D eigenvalue weighted by atomic mass is 10.0. The number of rotatable bonds is 6. The van der Waals surface area contributed by atoms with E-state index in [0.29, 0.717) is 16.3 Å². The molecule has 0 aliphatic heterocycles. The first kappa shape index (κ1) is 21.3. The van der Waals surface area contributed by atoms with Crippen molar-refractivity contribution in [2.24, 2.45) is 0 Å². The smallest absolute Gasteiger partial charge is 0.241 e. The molecule has 27 heavy (non-hydrogen) atoms. The molecule has 0 aromatic heterocycles. The zero-order chi connectivity index (χ0) is 20.4. The van der Waals surface area contributed by atoms with Crippen molar-refractivity contribution in [2.75, 3.05) is 17.1 Å². The molecule has 1 atom stereocenters. The van der Waals surface area contributed by atoms with Gasteiger partial charge in [0.05, 0.1) is 18.0 Å². The number of carbonyl (C=O) groups is 1. The number of hydrogen-bond acceptors (Lipinski definition) is 3. The standard InChI is InChI=1S/C20H25ClN2O3S/c1-13-6-7-17(10-14(13)2)16(4)22-20(24)12-23(27(5,25)26)19-9-8-18(21)11-15(19)3/h6-11,16H,12H2,1-5H3,(H,22,24)/t16-/m1/s1. The van der Waals surface area contributed by atoms with Gasteiger partial charge in [-0.05, 0) is 68.1 Å². The van der Waals surface area contributed by atoms with Gasteiger partial charge in [-0.3, -0.25) is 9.10 Å². The fourth-order valence-electron chi connectivity index (χ4n) is 2.81. The molecule has 5 nitrogen and oxygen atoms in total. The van der Waals surface area contributed by atoms with E-state index in [-0.39, 0.29) is 18.5 Å². The number of sulfonamides is 1. The maximum absolute atomic E-state index is 12.5. The summed E-state index contributed by atoms with van der Waals surface area (Å²) >= 11 is 5.95. The van der Waals surface area contributed by atoms with Crippen LogP contribution in [0.3, 0.4) is 0 Å². The van der Waals surface area contributed by atoms with Crippen molar-refractivity contribution in [3.8, 4) is 0 Å². The first-order valence-electron chi connectivity index (χ1n) is 8.59. The van der Waals surface area contributed by atoms with E-state index in [1.807, 2.05) is 39.0 Å². The molecule has 0 fully saturated rings. The summed E-state index contributed by atoms with van der Waals surface area (Å²) in [4.78, 5) is 12.5. The summed E-state index contributed by atoms with van der Waals surface area (Å²) in [5.74, 6) is -0.375. The van der Waals surface area contributed by atoms with E-state index in [1.54, 1.807) is 25.1 Å². The van der Waals surface area contributed by atoms with Gasteiger partial charge in [0.25, 0.3) is 0 Å². The third kappa shape index (κ3) is 5.47. The van der Waals surface area contributed by atoms with Gasteiger partial charge in [0.1, 0.15) is 6.54 Å². The molecule has 1 N–H and O–H groups in total. The number of amides is 1. The van der Waals surface area contributed by atoms with Crippen LogP contribution < -0.4 is 9.62 Å². The first-order valence-corrected chi connectivity index (χ1v) is 10.8. The number of benzene rings is 2. The molecule has 0 saturated carbocycles. The van der Waals surface area contributed by atoms with Crippen LogP contribution in [-0.2, 0) is 14.8 Å². The van der Waals surface area contributed by atoms with Gasteiger partial charge < -0.3 is 5.32 Å². The van der Waals surface area contributed by atoms with E-state index in [9.17, 15) is 13.2 Å². The molecule has 0 saturated heterocycles. The molecular formula is C20H25ClN2O3S. The predicted molar refractivity (Wildman–Crippen MR) is 111 cm³/mol. The van der Waals surface area contributed by atoms with Crippen LogP contribution in [0.25, 0.3) is 0 Å². The third-order valence-corrected chi connectivity index (χ3v) is 5.89. The Bertz CT molecular complexity index is 958. The normalized spacial score (nSPS) is 12.5. The summed E-state index contributed by atoms with van der Waals surface area (Å²) in [6.07, 6.45) is 1.08. The molecule has 0 unspecified atom stereocenters. The van der Waals surface area contributed by atoms with Gasteiger partial charge in [-0.25, -0.2) is 8.42 Å². The van der Waals surface area contributed by atoms with Crippen molar-refractivity contribution in [3.05, 3.63) is 63.7 Å². The van der Waals surface area contributed by atoms with Crippen LogP contribution in [0.2, 0.25) is 5.02 Å². The second-order valence-electron chi connectivity index (χ2n) is 6.83. The second-order valence-corrected chi connectivity index (χ2v) is 9.18. The molecule has 0 bridgehead atoms. The first-order chi connectivity index (χ1) is 12.5. The van der Waals surface area contributed by atoms with Crippen molar-refractivity contribution in [3.63, 3.8) is 0 Å². The van der Waals surface area contributed by atoms with Gasteiger partial charge in [0.2, 0.25) is 15.9 Å². The number of nitrogens with one attached hydrogen (secondary N) is 1. The van der Waals surface area contributed by atoms with Crippen LogP contribution in [0.5, 0.6) is 0 Å². The van der Waals surface area contributed by atoms with E-state index in [1.165, 1.54) is 5.56 Å². The SMILES string of the molecule is Cc1ccc([C@@H](C)NC(=O)CN(c2ccc(Cl)cc2C)S(C)(=O)=O)cc1C. The molecule has 1 amide bonds. The minimum Gasteiger partial charge on any atom is -0.348 e. The van der Waals surface area contributed by atoms with E-state index in [2.05, 4.69) is 5.32 Å². The van der Waals surface area contributed by atoms with Crippen molar-refractivity contribution in [2.45, 2.75) is 33.7 Å². The van der Waals surface area contributed by atoms with Crippen molar-refractivity contribution in [1.29, 1.82) is 0 Å². The highest BCUT2D eigenvalue weighted by Crippen LogP contribution is 2.25. The maximum atomic E-state index is 12.5. The van der Waals surface area contributed by atoms with Crippen molar-refractivity contribution >= 4 is 33.2 Å². The summed E-state index contributed by atoms with van der Waals surface area (Å²) in [5, 5.41) is 3.39. The average Bonchev–Trinajstić information content (AvgIpc) is 2.54. The highest BCUT2D eigenvalue weighted by molar-refractivity contribution is 7.92. The monoisotopic (exact) mass is 408 g/mol. The zero-order valence-electron chi connectivity index (χ0n) is 16.2. The van der Waals surface area contributed by atoms with Crippen molar-refractivity contribution < 1.29 is 13.2 Å². The summed E-state index contributed by atoms with van der Waals surface area (Å²) in [5.41, 5.74) is 4.42. The van der Waals surface area contributed by atoms with Crippen LogP contribution in [0.4, 0.5) is 5.69 Å². The Labute approximate surface area is 166 Å². The lowest BCUT2D eigenvalue weighted by molar-refractivity contribution is -0.120. The van der Waals surface area contributed by atoms with E-state index < -0.39 is 10.0 Å². The quantitative estimate of drug-likeness (QED) is 0.787. The van der Waals surface area contributed by atoms with Crippen LogP contribution in [0.15, 0.2) is 36.4 Å². The van der Waals surface area contributed by atoms with Crippen LogP contribution in [0, 0.1) is 20.8 Å². The van der Waals surface area contributed by atoms with Crippen LogP contribution >= 0.6 is 11.6 Å². The Hall–Kier alpha value is -2.05. The topological polar surface area (TPSA) is 66.5 Å². The summed E-state index contributed by atoms with van der Waals surface area (Å²) in [7, 11) is -3.63. The third-order valence-electron chi connectivity index (χ3n) is 4.52. The predicted octanol–water partition coefficient (Wildman–Crippen LogP) is 3.91. The Balaban J connectivity index is 2.20. The van der Waals surface area contributed by atoms with Gasteiger partial charge >= 0.3 is 0 Å². The Morgan fingerprint density at radius 3 is 2.30 bits per heavy atom. The second kappa shape index (κ2) is 8.31. The van der Waals surface area contributed by atoms with Gasteiger partial charge in [-0.2, -0.15) is 0 Å². The Morgan fingerprint density at radius 1 is 1.07 bits per heavy atom. The molecule has 0 aliphatic rings. The molecule has 0 aliphatic carbocycles. The number of carbonyl (C=O) groups excluding carboxylic acids is 1. The largest absolute Gasteiger partial charge is 0.348 e. The lowest BCUT2D eigenvalue weighted by Gasteiger charge is -2.25. The summed E-state index contributed by atoms with van der Waals surface area (Å²) in [6.45, 7) is 7.38. The number of hydrogen-bond donors (Lipinski definition) is 1.